The Balaban J connectivity index is 1.11. The van der Waals surface area contributed by atoms with Crippen LogP contribution >= 0.6 is 0 Å². The van der Waals surface area contributed by atoms with E-state index in [1.54, 1.807) is 29.0 Å². The number of nitrogens with two attached hydrogens (primary N) is 1. The lowest BCUT2D eigenvalue weighted by atomic mass is 9.91. The number of carbonyl (C=O) groups excluding carboxylic acids is 1. The summed E-state index contributed by atoms with van der Waals surface area (Å²) in [7, 11) is 0. The molecule has 2 fully saturated rings. The van der Waals surface area contributed by atoms with E-state index in [-0.39, 0.29) is 17.6 Å². The van der Waals surface area contributed by atoms with Crippen molar-refractivity contribution >= 4 is 17.4 Å². The second-order valence-corrected chi connectivity index (χ2v) is 10.9. The number of amides is 1. The van der Waals surface area contributed by atoms with Gasteiger partial charge in [-0.25, -0.2) is 4.79 Å². The topological polar surface area (TPSA) is 148 Å². The van der Waals surface area contributed by atoms with E-state index in [1.165, 1.54) is 0 Å². The summed E-state index contributed by atoms with van der Waals surface area (Å²) in [5.74, 6) is 1.82. The van der Waals surface area contributed by atoms with Gasteiger partial charge in [0.05, 0.1) is 30.9 Å². The molecular weight excluding hydrogens is 524 g/mol. The monoisotopic (exact) mass is 566 g/mol. The average molecular weight is 567 g/mol. The lowest BCUT2D eigenvalue weighted by Gasteiger charge is -2.31. The lowest BCUT2D eigenvalue weighted by molar-refractivity contribution is 0.0374. The normalized spacial score (nSPS) is 20.2. The third-order valence-corrected chi connectivity index (χ3v) is 7.90. The number of rotatable bonds is 12. The van der Waals surface area contributed by atoms with Crippen molar-refractivity contribution in [1.29, 1.82) is 0 Å². The molecule has 1 aliphatic carbocycles. The molecule has 5 rings (SSSR count). The first kappa shape index (κ1) is 28.9. The third-order valence-electron chi connectivity index (χ3n) is 7.90. The maximum Gasteiger partial charge on any atom is 0.350 e. The number of nitrogens with one attached hydrogen (secondary N) is 4. The van der Waals surface area contributed by atoms with Crippen molar-refractivity contribution in [3.8, 4) is 11.5 Å². The molecule has 0 atom stereocenters. The fourth-order valence-electron chi connectivity index (χ4n) is 5.61. The van der Waals surface area contributed by atoms with Crippen LogP contribution in [0.2, 0.25) is 0 Å². The van der Waals surface area contributed by atoms with Gasteiger partial charge in [0.1, 0.15) is 0 Å². The van der Waals surface area contributed by atoms with E-state index in [2.05, 4.69) is 37.7 Å². The first-order valence-corrected chi connectivity index (χ1v) is 14.7. The Kier molecular flexibility index (Phi) is 9.75. The quantitative estimate of drug-likeness (QED) is 0.206. The first-order valence-electron chi connectivity index (χ1n) is 14.7. The van der Waals surface area contributed by atoms with E-state index < -0.39 is 0 Å². The summed E-state index contributed by atoms with van der Waals surface area (Å²) in [5, 5.41) is 12.8. The number of carbonyl (C=O) groups is 1. The van der Waals surface area contributed by atoms with Crippen LogP contribution in [-0.2, 0) is 4.74 Å². The Labute approximate surface area is 240 Å². The number of morpholine rings is 1. The van der Waals surface area contributed by atoms with Crippen LogP contribution in [0.15, 0.2) is 41.6 Å². The number of nitrogens with zero attached hydrogens (tertiary/aromatic N) is 3. The lowest BCUT2D eigenvalue weighted by Crippen LogP contribution is -2.38. The van der Waals surface area contributed by atoms with E-state index >= 15 is 0 Å². The second-order valence-electron chi connectivity index (χ2n) is 10.9. The Morgan fingerprint density at radius 3 is 2.63 bits per heavy atom. The Bertz CT molecular complexity index is 1270. The number of hydrogen-bond acceptors (Lipinski definition) is 10. The molecule has 12 heteroatoms. The summed E-state index contributed by atoms with van der Waals surface area (Å²) in [5.41, 5.74) is 6.36. The molecule has 3 aliphatic rings. The van der Waals surface area contributed by atoms with E-state index in [9.17, 15) is 9.59 Å². The third kappa shape index (κ3) is 7.78. The van der Waals surface area contributed by atoms with Crippen LogP contribution in [-0.4, -0.2) is 78.9 Å². The van der Waals surface area contributed by atoms with Gasteiger partial charge in [0.15, 0.2) is 17.3 Å². The number of aromatic nitrogens is 2. The zero-order valence-corrected chi connectivity index (χ0v) is 23.6. The molecule has 0 spiro atoms. The van der Waals surface area contributed by atoms with Gasteiger partial charge in [-0.15, -0.1) is 0 Å². The van der Waals surface area contributed by atoms with Gasteiger partial charge in [-0.05, 0) is 69.8 Å². The molecule has 0 unspecified atom stereocenters. The minimum atomic E-state index is -0.304. The van der Waals surface area contributed by atoms with E-state index in [0.29, 0.717) is 47.0 Å². The van der Waals surface area contributed by atoms with Crippen LogP contribution < -0.4 is 37.4 Å². The maximum absolute atomic E-state index is 13.0. The van der Waals surface area contributed by atoms with Crippen molar-refractivity contribution in [2.45, 2.75) is 50.6 Å². The van der Waals surface area contributed by atoms with Gasteiger partial charge in [0, 0.05) is 43.8 Å². The van der Waals surface area contributed by atoms with Crippen LogP contribution in [0.4, 0.5) is 11.5 Å². The largest absolute Gasteiger partial charge is 0.450 e. The molecule has 1 saturated carbocycles. The van der Waals surface area contributed by atoms with Gasteiger partial charge in [-0.1, -0.05) is 6.58 Å². The van der Waals surface area contributed by atoms with Gasteiger partial charge in [-0.2, -0.15) is 4.98 Å². The molecule has 0 radical (unpaired) electrons. The molecule has 12 nitrogen and oxygen atoms in total. The van der Waals surface area contributed by atoms with Crippen LogP contribution in [0.3, 0.4) is 0 Å². The molecule has 2 aromatic rings. The van der Waals surface area contributed by atoms with Crippen LogP contribution in [0.25, 0.3) is 0 Å². The van der Waals surface area contributed by atoms with Crippen LogP contribution in [0, 0.1) is 0 Å². The minimum absolute atomic E-state index is 0.0832. The first-order chi connectivity index (χ1) is 20.0. The number of anilines is 2. The number of benzene rings is 1. The summed E-state index contributed by atoms with van der Waals surface area (Å²) in [6.07, 6.45) is 7.38. The Hall–Kier alpha value is -3.61. The summed E-state index contributed by atoms with van der Waals surface area (Å²) in [6.45, 7) is 10.3. The number of fused-ring (bicyclic) bond motifs is 2. The fourth-order valence-corrected chi connectivity index (χ4v) is 5.61. The number of hydrogen-bond donors (Lipinski definition) is 5. The fraction of sp³-hybridized carbons (Fsp3) is 0.552. The zero-order chi connectivity index (χ0) is 28.6. The van der Waals surface area contributed by atoms with E-state index in [1.807, 2.05) is 0 Å². The highest BCUT2D eigenvalue weighted by molar-refractivity contribution is 5.96. The molecule has 1 aromatic carbocycles. The predicted molar refractivity (Wildman–Crippen MR) is 158 cm³/mol. The average Bonchev–Trinajstić information content (AvgIpc) is 2.98. The minimum Gasteiger partial charge on any atom is -0.450 e. The summed E-state index contributed by atoms with van der Waals surface area (Å²) < 4.78 is 13.2. The summed E-state index contributed by atoms with van der Waals surface area (Å²) >= 11 is 0. The summed E-state index contributed by atoms with van der Waals surface area (Å²) in [6, 6.07) is 5.79. The molecule has 222 valence electrons. The molecule has 3 heterocycles. The highest BCUT2D eigenvalue weighted by atomic mass is 16.5. The molecule has 2 aliphatic heterocycles. The number of ether oxygens (including phenoxy) is 2. The van der Waals surface area contributed by atoms with Gasteiger partial charge < -0.3 is 36.5 Å². The zero-order valence-electron chi connectivity index (χ0n) is 23.6. The SMILES string of the molecule is C=C(N)NCCCNC1CCC(n2cc3c(nc2=O)Nc2cc(C(=O)NCCCN4CCOCC4)ccc2O3)CC1. The Morgan fingerprint density at radius 1 is 1.07 bits per heavy atom. The molecule has 1 saturated heterocycles. The Morgan fingerprint density at radius 2 is 1.85 bits per heavy atom. The molecular formula is C29H42N8O4. The van der Waals surface area contributed by atoms with Crippen molar-refractivity contribution < 1.29 is 14.3 Å². The van der Waals surface area contributed by atoms with Crippen LogP contribution in [0.1, 0.15) is 54.9 Å². The molecule has 1 aromatic heterocycles. The molecule has 41 heavy (non-hydrogen) atoms. The predicted octanol–water partition coefficient (Wildman–Crippen LogP) is 2.03. The smallest absolute Gasteiger partial charge is 0.350 e. The summed E-state index contributed by atoms with van der Waals surface area (Å²) in [4.78, 5) is 32.3. The van der Waals surface area contributed by atoms with E-state index in [0.717, 1.165) is 84.5 Å². The van der Waals surface area contributed by atoms with Gasteiger partial charge >= 0.3 is 5.69 Å². The van der Waals surface area contributed by atoms with Gasteiger partial charge in [0.25, 0.3) is 5.91 Å². The van der Waals surface area contributed by atoms with Crippen molar-refractivity contribution in [3.05, 3.63) is 52.8 Å². The van der Waals surface area contributed by atoms with Crippen molar-refractivity contribution in [2.75, 3.05) is 57.8 Å². The standard InChI is InChI=1S/C29H42N8O4/c1-20(30)31-10-2-11-32-22-5-7-23(8-6-22)37-19-26-27(35-29(37)39)34-24-18-21(4-9-25(24)41-26)28(38)33-12-3-13-36-14-16-40-17-15-36/h4,9,18-19,22-23,31-32H,1-3,5-8,10-17,30H2,(H,33,38)(H,34,35,39). The van der Waals surface area contributed by atoms with Crippen molar-refractivity contribution in [2.24, 2.45) is 5.73 Å². The van der Waals surface area contributed by atoms with Gasteiger partial charge in [0.2, 0.25) is 0 Å². The van der Waals surface area contributed by atoms with Crippen molar-refractivity contribution in [1.82, 2.24) is 30.4 Å². The molecule has 6 N–H and O–H groups in total. The van der Waals surface area contributed by atoms with E-state index in [4.69, 9.17) is 15.2 Å². The highest BCUT2D eigenvalue weighted by Gasteiger charge is 2.26. The van der Waals surface area contributed by atoms with Gasteiger partial charge in [-0.3, -0.25) is 14.3 Å². The second kappa shape index (κ2) is 13.8. The van der Waals surface area contributed by atoms with Crippen molar-refractivity contribution in [3.63, 3.8) is 0 Å². The van der Waals surface area contributed by atoms with Crippen LogP contribution in [0.5, 0.6) is 11.5 Å². The molecule has 0 bridgehead atoms. The maximum atomic E-state index is 13.0. The highest BCUT2D eigenvalue weighted by Crippen LogP contribution is 2.41. The molecule has 1 amide bonds.